The average molecular weight is 207 g/mol. The van der Waals surface area contributed by atoms with Gasteiger partial charge in [0.05, 0.1) is 13.2 Å². The number of rotatable bonds is 2. The van der Waals surface area contributed by atoms with Crippen LogP contribution < -0.4 is 5.73 Å². The van der Waals surface area contributed by atoms with E-state index in [2.05, 4.69) is 16.8 Å². The van der Waals surface area contributed by atoms with Crippen LogP contribution in [-0.2, 0) is 11.3 Å². The monoisotopic (exact) mass is 207 g/mol. The van der Waals surface area contributed by atoms with E-state index in [1.54, 1.807) is 0 Å². The van der Waals surface area contributed by atoms with E-state index >= 15 is 0 Å². The second-order valence-electron chi connectivity index (χ2n) is 3.92. The Hall–Kier alpha value is -1.13. The number of anilines is 1. The number of ether oxygens (including phenoxy) is 1. The molecule has 0 aromatic carbocycles. The van der Waals surface area contributed by atoms with Gasteiger partial charge in [0.15, 0.2) is 0 Å². The minimum Gasteiger partial charge on any atom is -0.384 e. The van der Waals surface area contributed by atoms with Gasteiger partial charge in [0.25, 0.3) is 0 Å². The zero-order chi connectivity index (χ0) is 10.7. The van der Waals surface area contributed by atoms with E-state index in [9.17, 15) is 0 Å². The molecule has 1 fully saturated rings. The Bertz CT molecular complexity index is 335. The second-order valence-corrected chi connectivity index (χ2v) is 3.92. The van der Waals surface area contributed by atoms with Crippen molar-refractivity contribution in [1.82, 2.24) is 9.88 Å². The van der Waals surface area contributed by atoms with Crippen molar-refractivity contribution in [2.75, 3.05) is 32.0 Å². The summed E-state index contributed by atoms with van der Waals surface area (Å²) in [5.74, 6) is 0.601. The third-order valence-electron chi connectivity index (χ3n) is 2.73. The number of hydrogen-bond donors (Lipinski definition) is 1. The molecule has 0 spiro atoms. The Morgan fingerprint density at radius 1 is 1.47 bits per heavy atom. The fourth-order valence-electron chi connectivity index (χ4n) is 1.75. The van der Waals surface area contributed by atoms with Gasteiger partial charge in [0.1, 0.15) is 5.82 Å². The summed E-state index contributed by atoms with van der Waals surface area (Å²) in [6.07, 6.45) is 1.84. The van der Waals surface area contributed by atoms with Crippen molar-refractivity contribution in [2.45, 2.75) is 13.5 Å². The fraction of sp³-hybridized carbons (Fsp3) is 0.545. The van der Waals surface area contributed by atoms with Crippen LogP contribution in [-0.4, -0.2) is 36.2 Å². The maximum absolute atomic E-state index is 5.68. The zero-order valence-corrected chi connectivity index (χ0v) is 9.07. The summed E-state index contributed by atoms with van der Waals surface area (Å²) in [5.41, 5.74) is 8.15. The van der Waals surface area contributed by atoms with Crippen LogP contribution in [0.3, 0.4) is 0 Å². The lowest BCUT2D eigenvalue weighted by molar-refractivity contribution is 0.0341. The largest absolute Gasteiger partial charge is 0.384 e. The standard InChI is InChI=1S/C11H17N3O/c1-9-7-13-11(12)6-10(9)8-14-2-4-15-5-3-14/h6-7H,2-5,8H2,1H3,(H2,12,13). The Morgan fingerprint density at radius 2 is 2.20 bits per heavy atom. The highest BCUT2D eigenvalue weighted by molar-refractivity contribution is 5.36. The second kappa shape index (κ2) is 4.59. The van der Waals surface area contributed by atoms with Gasteiger partial charge in [-0.3, -0.25) is 4.90 Å². The molecule has 0 saturated carbocycles. The minimum atomic E-state index is 0.601. The summed E-state index contributed by atoms with van der Waals surface area (Å²) in [6, 6.07) is 1.96. The summed E-state index contributed by atoms with van der Waals surface area (Å²) in [5, 5.41) is 0. The van der Waals surface area contributed by atoms with Crippen LogP contribution in [0.15, 0.2) is 12.3 Å². The molecule has 1 aliphatic heterocycles. The van der Waals surface area contributed by atoms with Gasteiger partial charge in [0, 0.05) is 25.8 Å². The van der Waals surface area contributed by atoms with E-state index in [1.165, 1.54) is 11.1 Å². The van der Waals surface area contributed by atoms with Crippen LogP contribution in [0.4, 0.5) is 5.82 Å². The van der Waals surface area contributed by atoms with Crippen LogP contribution in [0, 0.1) is 6.92 Å². The first-order valence-electron chi connectivity index (χ1n) is 5.27. The van der Waals surface area contributed by atoms with Crippen molar-refractivity contribution >= 4 is 5.82 Å². The molecule has 0 bridgehead atoms. The molecule has 82 valence electrons. The number of hydrogen-bond acceptors (Lipinski definition) is 4. The highest BCUT2D eigenvalue weighted by Gasteiger charge is 2.11. The summed E-state index contributed by atoms with van der Waals surface area (Å²) in [4.78, 5) is 6.45. The van der Waals surface area contributed by atoms with E-state index in [4.69, 9.17) is 10.5 Å². The van der Waals surface area contributed by atoms with Crippen molar-refractivity contribution in [3.8, 4) is 0 Å². The van der Waals surface area contributed by atoms with Gasteiger partial charge in [-0.25, -0.2) is 4.98 Å². The number of pyridine rings is 1. The first kappa shape index (κ1) is 10.4. The van der Waals surface area contributed by atoms with Crippen molar-refractivity contribution in [3.63, 3.8) is 0 Å². The van der Waals surface area contributed by atoms with Crippen molar-refractivity contribution in [3.05, 3.63) is 23.4 Å². The molecule has 0 atom stereocenters. The van der Waals surface area contributed by atoms with Crippen LogP contribution in [0.2, 0.25) is 0 Å². The van der Waals surface area contributed by atoms with Gasteiger partial charge < -0.3 is 10.5 Å². The van der Waals surface area contributed by atoms with Crippen LogP contribution in [0.25, 0.3) is 0 Å². The van der Waals surface area contributed by atoms with Crippen LogP contribution in [0.1, 0.15) is 11.1 Å². The third kappa shape index (κ3) is 2.67. The molecule has 0 amide bonds. The maximum Gasteiger partial charge on any atom is 0.123 e. The normalized spacial score (nSPS) is 17.9. The van der Waals surface area contributed by atoms with Gasteiger partial charge in [-0.1, -0.05) is 0 Å². The van der Waals surface area contributed by atoms with E-state index in [0.717, 1.165) is 32.8 Å². The molecule has 2 rings (SSSR count). The topological polar surface area (TPSA) is 51.4 Å². The first-order valence-corrected chi connectivity index (χ1v) is 5.27. The predicted octanol–water partition coefficient (Wildman–Crippen LogP) is 0.804. The predicted molar refractivity (Wildman–Crippen MR) is 59.5 cm³/mol. The molecule has 1 aromatic rings. The van der Waals surface area contributed by atoms with Gasteiger partial charge in [-0.05, 0) is 24.1 Å². The molecule has 0 unspecified atom stereocenters. The Kier molecular flexibility index (Phi) is 3.18. The summed E-state index contributed by atoms with van der Waals surface area (Å²) in [7, 11) is 0. The summed E-state index contributed by atoms with van der Waals surface area (Å²) < 4.78 is 5.31. The zero-order valence-electron chi connectivity index (χ0n) is 9.07. The maximum atomic E-state index is 5.68. The van der Waals surface area contributed by atoms with Gasteiger partial charge >= 0.3 is 0 Å². The summed E-state index contributed by atoms with van der Waals surface area (Å²) >= 11 is 0. The number of nitrogen functional groups attached to an aromatic ring is 1. The molecule has 15 heavy (non-hydrogen) atoms. The summed E-state index contributed by atoms with van der Waals surface area (Å²) in [6.45, 7) is 6.69. The number of nitrogens with zero attached hydrogens (tertiary/aromatic N) is 2. The van der Waals surface area contributed by atoms with E-state index in [1.807, 2.05) is 12.3 Å². The average Bonchev–Trinajstić information content (AvgIpc) is 2.25. The highest BCUT2D eigenvalue weighted by atomic mass is 16.5. The molecule has 1 aromatic heterocycles. The van der Waals surface area contributed by atoms with Crippen LogP contribution >= 0.6 is 0 Å². The van der Waals surface area contributed by atoms with E-state index in [-0.39, 0.29) is 0 Å². The molecular weight excluding hydrogens is 190 g/mol. The lowest BCUT2D eigenvalue weighted by Crippen LogP contribution is -2.35. The third-order valence-corrected chi connectivity index (χ3v) is 2.73. The molecule has 1 saturated heterocycles. The van der Waals surface area contributed by atoms with Crippen molar-refractivity contribution < 1.29 is 4.74 Å². The van der Waals surface area contributed by atoms with E-state index in [0.29, 0.717) is 5.82 Å². The molecular formula is C11H17N3O. The SMILES string of the molecule is Cc1cnc(N)cc1CN1CCOCC1. The molecule has 0 aliphatic carbocycles. The Balaban J connectivity index is 2.05. The molecule has 2 N–H and O–H groups in total. The van der Waals surface area contributed by atoms with E-state index < -0.39 is 0 Å². The van der Waals surface area contributed by atoms with Crippen molar-refractivity contribution in [2.24, 2.45) is 0 Å². The Labute approximate surface area is 90.0 Å². The Morgan fingerprint density at radius 3 is 2.93 bits per heavy atom. The molecule has 4 nitrogen and oxygen atoms in total. The lowest BCUT2D eigenvalue weighted by Gasteiger charge is -2.27. The molecule has 2 heterocycles. The first-order chi connectivity index (χ1) is 7.25. The van der Waals surface area contributed by atoms with Gasteiger partial charge in [0.2, 0.25) is 0 Å². The smallest absolute Gasteiger partial charge is 0.123 e. The number of aryl methyl sites for hydroxylation is 1. The highest BCUT2D eigenvalue weighted by Crippen LogP contribution is 2.13. The number of morpholine rings is 1. The number of nitrogens with two attached hydrogens (primary N) is 1. The lowest BCUT2D eigenvalue weighted by atomic mass is 10.1. The number of aromatic nitrogens is 1. The molecule has 1 aliphatic rings. The van der Waals surface area contributed by atoms with Crippen molar-refractivity contribution in [1.29, 1.82) is 0 Å². The van der Waals surface area contributed by atoms with Gasteiger partial charge in [-0.15, -0.1) is 0 Å². The van der Waals surface area contributed by atoms with Crippen LogP contribution in [0.5, 0.6) is 0 Å². The molecule has 4 heteroatoms. The minimum absolute atomic E-state index is 0.601. The van der Waals surface area contributed by atoms with Gasteiger partial charge in [-0.2, -0.15) is 0 Å². The quantitative estimate of drug-likeness (QED) is 0.779. The molecule has 0 radical (unpaired) electrons. The fourth-order valence-corrected chi connectivity index (χ4v) is 1.75.